The number of para-hydroxylation sites is 1. The number of nitrogens with zero attached hydrogens (tertiary/aromatic N) is 1. The molecule has 1 aromatic carbocycles. The number of ether oxygens (including phenoxy) is 1. The van der Waals surface area contributed by atoms with Gasteiger partial charge in [-0.05, 0) is 18.6 Å². The maximum absolute atomic E-state index is 12.1. The molecule has 0 radical (unpaired) electrons. The fraction of sp³-hybridized carbons (Fsp3) is 0.444. The van der Waals surface area contributed by atoms with Crippen molar-refractivity contribution in [2.24, 2.45) is 5.41 Å². The second-order valence-electron chi connectivity index (χ2n) is 6.45. The smallest absolute Gasteiger partial charge is 0.237 e. The predicted octanol–water partition coefficient (Wildman–Crippen LogP) is 3.49. The average molecular weight is 333 g/mol. The molecule has 4 nitrogen and oxygen atoms in total. The van der Waals surface area contributed by atoms with Gasteiger partial charge in [-0.15, -0.1) is 0 Å². The molecular weight excluding hydrogens is 310 g/mol. The van der Waals surface area contributed by atoms with E-state index < -0.39 is 5.41 Å². The lowest BCUT2D eigenvalue weighted by atomic mass is 9.91. The van der Waals surface area contributed by atoms with Crippen LogP contribution in [-0.4, -0.2) is 35.5 Å². The number of amides is 1. The van der Waals surface area contributed by atoms with E-state index in [2.05, 4.69) is 0 Å². The molecule has 23 heavy (non-hydrogen) atoms. The van der Waals surface area contributed by atoms with E-state index in [9.17, 15) is 9.59 Å². The van der Waals surface area contributed by atoms with Crippen molar-refractivity contribution in [3.63, 3.8) is 0 Å². The first kappa shape index (κ1) is 17.6. The van der Waals surface area contributed by atoms with E-state index in [4.69, 9.17) is 4.74 Å². The molecule has 1 saturated heterocycles. The molecule has 124 valence electrons. The van der Waals surface area contributed by atoms with Gasteiger partial charge in [0.2, 0.25) is 5.91 Å². The van der Waals surface area contributed by atoms with Gasteiger partial charge in [-0.25, -0.2) is 0 Å². The Labute approximate surface area is 141 Å². The lowest BCUT2D eigenvalue weighted by molar-refractivity contribution is -0.125. The van der Waals surface area contributed by atoms with Gasteiger partial charge >= 0.3 is 0 Å². The lowest BCUT2D eigenvalue weighted by Gasteiger charge is -2.19. The van der Waals surface area contributed by atoms with Crippen molar-refractivity contribution >= 4 is 23.5 Å². The first-order valence-electron chi connectivity index (χ1n) is 7.75. The topological polar surface area (TPSA) is 46.6 Å². The normalized spacial score (nSPS) is 16.9. The highest BCUT2D eigenvalue weighted by molar-refractivity contribution is 8.04. The quantitative estimate of drug-likeness (QED) is 0.590. The molecule has 1 heterocycles. The van der Waals surface area contributed by atoms with Crippen LogP contribution in [0, 0.1) is 5.41 Å². The second kappa shape index (κ2) is 7.68. The van der Waals surface area contributed by atoms with Gasteiger partial charge in [0.25, 0.3) is 0 Å². The number of benzene rings is 1. The van der Waals surface area contributed by atoms with Crippen molar-refractivity contribution in [1.82, 2.24) is 4.90 Å². The molecule has 2 rings (SSSR count). The lowest BCUT2D eigenvalue weighted by Crippen LogP contribution is -2.28. The molecule has 0 bridgehead atoms. The molecular formula is C18H23NO3S. The van der Waals surface area contributed by atoms with E-state index in [0.717, 1.165) is 17.2 Å². The summed E-state index contributed by atoms with van der Waals surface area (Å²) in [5, 5.41) is 0.759. The number of ketones is 1. The highest BCUT2D eigenvalue weighted by atomic mass is 32.2. The van der Waals surface area contributed by atoms with Gasteiger partial charge in [0.05, 0.1) is 17.4 Å². The molecule has 0 aromatic heterocycles. The molecule has 1 fully saturated rings. The number of thioether (sulfide) groups is 1. The molecule has 1 amide bonds. The molecule has 1 aromatic rings. The Balaban J connectivity index is 1.88. The summed E-state index contributed by atoms with van der Waals surface area (Å²) >= 11 is 1.43. The van der Waals surface area contributed by atoms with Crippen molar-refractivity contribution < 1.29 is 14.3 Å². The van der Waals surface area contributed by atoms with Gasteiger partial charge in [0.1, 0.15) is 5.75 Å². The minimum absolute atomic E-state index is 0.0419. The Bertz CT molecular complexity index is 590. The van der Waals surface area contributed by atoms with E-state index in [-0.39, 0.29) is 11.7 Å². The van der Waals surface area contributed by atoms with Crippen molar-refractivity contribution in [3.8, 4) is 5.75 Å². The highest BCUT2D eigenvalue weighted by Gasteiger charge is 2.28. The van der Waals surface area contributed by atoms with Crippen LogP contribution in [0.1, 0.15) is 27.2 Å². The van der Waals surface area contributed by atoms with Crippen LogP contribution in [-0.2, 0) is 9.59 Å². The number of carbonyl (C=O) groups is 2. The summed E-state index contributed by atoms with van der Waals surface area (Å²) in [5.74, 6) is 1.33. The Morgan fingerprint density at radius 3 is 2.65 bits per heavy atom. The fourth-order valence-electron chi connectivity index (χ4n) is 2.03. The molecule has 0 atom stereocenters. The van der Waals surface area contributed by atoms with E-state index in [1.807, 2.05) is 51.1 Å². The first-order chi connectivity index (χ1) is 10.9. The third-order valence-electron chi connectivity index (χ3n) is 3.44. The third-order valence-corrected chi connectivity index (χ3v) is 4.47. The van der Waals surface area contributed by atoms with Crippen LogP contribution in [0.3, 0.4) is 0 Å². The highest BCUT2D eigenvalue weighted by Crippen LogP contribution is 2.30. The van der Waals surface area contributed by atoms with Crippen LogP contribution in [0.4, 0.5) is 0 Å². The van der Waals surface area contributed by atoms with Crippen LogP contribution in [0.2, 0.25) is 0 Å². The van der Waals surface area contributed by atoms with Crippen LogP contribution in [0.15, 0.2) is 41.4 Å². The van der Waals surface area contributed by atoms with Gasteiger partial charge in [-0.3, -0.25) is 9.59 Å². The number of rotatable bonds is 6. The molecule has 0 saturated carbocycles. The number of carbonyl (C=O) groups excluding carboxylic acids is 2. The van der Waals surface area contributed by atoms with E-state index >= 15 is 0 Å². The average Bonchev–Trinajstić information content (AvgIpc) is 2.84. The summed E-state index contributed by atoms with van der Waals surface area (Å²) in [4.78, 5) is 25.8. The van der Waals surface area contributed by atoms with E-state index in [0.29, 0.717) is 18.9 Å². The zero-order chi connectivity index (χ0) is 16.9. The Kier molecular flexibility index (Phi) is 5.88. The summed E-state index contributed by atoms with van der Waals surface area (Å²) in [6, 6.07) is 9.61. The van der Waals surface area contributed by atoms with Crippen LogP contribution >= 0.6 is 11.8 Å². The molecule has 0 N–H and O–H groups in total. The van der Waals surface area contributed by atoms with E-state index in [1.165, 1.54) is 11.8 Å². The van der Waals surface area contributed by atoms with Gasteiger partial charge in [-0.2, -0.15) is 0 Å². The minimum Gasteiger partial charge on any atom is -0.494 e. The van der Waals surface area contributed by atoms with E-state index in [1.54, 1.807) is 11.0 Å². The van der Waals surface area contributed by atoms with Gasteiger partial charge < -0.3 is 9.64 Å². The second-order valence-corrected chi connectivity index (χ2v) is 7.44. The molecule has 5 heteroatoms. The SMILES string of the molecule is CC(C)(C)C(=O)/C=C1\SCC(=O)N1CCCOc1ccccc1. The maximum Gasteiger partial charge on any atom is 0.237 e. The zero-order valence-electron chi connectivity index (χ0n) is 13.9. The largest absolute Gasteiger partial charge is 0.494 e. The fourth-order valence-corrected chi connectivity index (χ4v) is 2.99. The Hall–Kier alpha value is -1.75. The molecule has 0 aliphatic carbocycles. The van der Waals surface area contributed by atoms with Crippen molar-refractivity contribution in [1.29, 1.82) is 0 Å². The molecule has 1 aliphatic rings. The molecule has 0 spiro atoms. The number of allylic oxidation sites excluding steroid dienone is 1. The standard InChI is InChI=1S/C18H23NO3S/c1-18(2,3)15(20)12-17-19(16(21)13-23-17)10-7-11-22-14-8-5-4-6-9-14/h4-6,8-9,12H,7,10-11,13H2,1-3H3/b17-12-. The van der Waals surface area contributed by atoms with Crippen molar-refractivity contribution in [2.45, 2.75) is 27.2 Å². The number of hydrogen-bond donors (Lipinski definition) is 0. The minimum atomic E-state index is -0.429. The van der Waals surface area contributed by atoms with Crippen LogP contribution in [0.5, 0.6) is 5.75 Å². The number of hydrogen-bond acceptors (Lipinski definition) is 4. The Morgan fingerprint density at radius 2 is 2.00 bits per heavy atom. The van der Waals surface area contributed by atoms with Gasteiger partial charge in [0, 0.05) is 18.0 Å². The summed E-state index contributed by atoms with van der Waals surface area (Å²) in [6.07, 6.45) is 2.33. The molecule has 0 unspecified atom stereocenters. The third kappa shape index (κ3) is 5.13. The van der Waals surface area contributed by atoms with Gasteiger partial charge in [-0.1, -0.05) is 50.7 Å². The maximum atomic E-state index is 12.1. The predicted molar refractivity (Wildman–Crippen MR) is 93.3 cm³/mol. The van der Waals surface area contributed by atoms with Crippen LogP contribution < -0.4 is 4.74 Å². The monoisotopic (exact) mass is 333 g/mol. The van der Waals surface area contributed by atoms with Crippen LogP contribution in [0.25, 0.3) is 0 Å². The first-order valence-corrected chi connectivity index (χ1v) is 8.73. The Morgan fingerprint density at radius 1 is 1.30 bits per heavy atom. The summed E-state index contributed by atoms with van der Waals surface area (Å²) in [7, 11) is 0. The van der Waals surface area contributed by atoms with Crippen molar-refractivity contribution in [2.75, 3.05) is 18.9 Å². The summed E-state index contributed by atoms with van der Waals surface area (Å²) < 4.78 is 5.64. The summed E-state index contributed by atoms with van der Waals surface area (Å²) in [5.41, 5.74) is -0.429. The summed E-state index contributed by atoms with van der Waals surface area (Å²) in [6.45, 7) is 6.75. The zero-order valence-corrected chi connectivity index (χ0v) is 14.7. The van der Waals surface area contributed by atoms with Gasteiger partial charge in [0.15, 0.2) is 5.78 Å². The molecule has 1 aliphatic heterocycles. The van der Waals surface area contributed by atoms with Crippen molar-refractivity contribution in [3.05, 3.63) is 41.4 Å².